The zero-order chi connectivity index (χ0) is 17.0. The maximum atomic E-state index is 5.51. The first kappa shape index (κ1) is 22.4. The maximum absolute atomic E-state index is 5.51. The molecule has 0 aromatic rings. The number of unbranched alkanes of at least 4 members (excludes halogenated alkanes) is 6. The van der Waals surface area contributed by atoms with Gasteiger partial charge in [0.1, 0.15) is 0 Å². The van der Waals surface area contributed by atoms with Gasteiger partial charge in [-0.05, 0) is 52.0 Å². The summed E-state index contributed by atoms with van der Waals surface area (Å²) < 4.78 is 21.8. The van der Waals surface area contributed by atoms with E-state index >= 15 is 0 Å². The molecule has 0 aliphatic rings. The Hall–Kier alpha value is -0.580. The van der Waals surface area contributed by atoms with Gasteiger partial charge in [0.05, 0.1) is 12.9 Å². The molecule has 0 spiro atoms. The third-order valence-corrected chi connectivity index (χ3v) is 3.50. The summed E-state index contributed by atoms with van der Waals surface area (Å²) in [6.07, 6.45) is 14.3. The smallest absolute Gasteiger partial charge is 0.188 e. The van der Waals surface area contributed by atoms with Crippen LogP contribution in [0.3, 0.4) is 0 Å². The molecule has 0 aromatic heterocycles. The van der Waals surface area contributed by atoms with E-state index in [0.29, 0.717) is 20.0 Å². The summed E-state index contributed by atoms with van der Waals surface area (Å²) in [7, 11) is 0. The lowest BCUT2D eigenvalue weighted by atomic mass is 10.2. The summed E-state index contributed by atoms with van der Waals surface area (Å²) in [5.74, 6) is 0. The molecule has 0 rings (SSSR count). The molecule has 0 fully saturated rings. The second-order valence-electron chi connectivity index (χ2n) is 5.60. The molecule has 23 heavy (non-hydrogen) atoms. The zero-order valence-corrected chi connectivity index (χ0v) is 15.6. The van der Waals surface area contributed by atoms with Gasteiger partial charge >= 0.3 is 0 Å². The van der Waals surface area contributed by atoms with Gasteiger partial charge in [-0.3, -0.25) is 0 Å². The van der Waals surface area contributed by atoms with Crippen LogP contribution in [0.4, 0.5) is 0 Å². The Morgan fingerprint density at radius 3 is 2.26 bits per heavy atom. The normalized spacial score (nSPS) is 11.7. The summed E-state index contributed by atoms with van der Waals surface area (Å²) in [6, 6.07) is 0. The molecule has 0 aliphatic heterocycles. The fraction of sp³-hybridized carbons (Fsp3) is 0.895. The first-order valence-corrected chi connectivity index (χ1v) is 9.42. The van der Waals surface area contributed by atoms with Crippen molar-refractivity contribution in [2.75, 3.05) is 26.6 Å². The van der Waals surface area contributed by atoms with Crippen LogP contribution in [-0.2, 0) is 18.9 Å². The molecular formula is C19H38O4. The molecule has 0 atom stereocenters. The van der Waals surface area contributed by atoms with Crippen molar-refractivity contribution < 1.29 is 18.9 Å². The summed E-state index contributed by atoms with van der Waals surface area (Å²) >= 11 is 0. The van der Waals surface area contributed by atoms with Gasteiger partial charge in [0.2, 0.25) is 0 Å². The van der Waals surface area contributed by atoms with E-state index in [1.165, 1.54) is 25.7 Å². The van der Waals surface area contributed by atoms with Crippen molar-refractivity contribution in [3.63, 3.8) is 0 Å². The van der Waals surface area contributed by atoms with Gasteiger partial charge in [0, 0.05) is 13.2 Å². The number of allylic oxidation sites excluding steroid dienone is 1. The minimum Gasteiger partial charge on any atom is -0.475 e. The molecule has 0 unspecified atom stereocenters. The van der Waals surface area contributed by atoms with Crippen molar-refractivity contribution in [2.24, 2.45) is 0 Å². The van der Waals surface area contributed by atoms with Crippen molar-refractivity contribution in [1.82, 2.24) is 0 Å². The van der Waals surface area contributed by atoms with Crippen molar-refractivity contribution in [3.05, 3.63) is 12.3 Å². The van der Waals surface area contributed by atoms with Gasteiger partial charge in [-0.1, -0.05) is 32.6 Å². The van der Waals surface area contributed by atoms with Crippen LogP contribution in [0.1, 0.15) is 78.6 Å². The molecule has 0 saturated heterocycles. The first-order valence-electron chi connectivity index (χ1n) is 9.42. The highest BCUT2D eigenvalue weighted by Crippen LogP contribution is 2.09. The van der Waals surface area contributed by atoms with E-state index in [1.807, 2.05) is 13.8 Å². The molecule has 138 valence electrons. The second kappa shape index (κ2) is 19.5. The lowest BCUT2D eigenvalue weighted by Crippen LogP contribution is -2.17. The second-order valence-corrected chi connectivity index (χ2v) is 5.60. The molecule has 0 heterocycles. The van der Waals surface area contributed by atoms with Crippen molar-refractivity contribution in [1.29, 1.82) is 0 Å². The van der Waals surface area contributed by atoms with Crippen LogP contribution in [0.2, 0.25) is 0 Å². The SMILES string of the molecule is CCCCCCCOCOC=CCCCCC(OCC)OCC. The first-order chi connectivity index (χ1) is 11.3. The van der Waals surface area contributed by atoms with Gasteiger partial charge in [-0.25, -0.2) is 0 Å². The molecule has 4 heteroatoms. The number of rotatable bonds is 18. The highest BCUT2D eigenvalue weighted by molar-refractivity contribution is 4.72. The van der Waals surface area contributed by atoms with Gasteiger partial charge in [0.25, 0.3) is 0 Å². The van der Waals surface area contributed by atoms with Crippen LogP contribution in [0.25, 0.3) is 0 Å². The average molecular weight is 331 g/mol. The molecular weight excluding hydrogens is 292 g/mol. The third-order valence-electron chi connectivity index (χ3n) is 3.50. The Bertz CT molecular complexity index is 238. The Kier molecular flexibility index (Phi) is 19.0. The van der Waals surface area contributed by atoms with Crippen molar-refractivity contribution in [3.8, 4) is 0 Å². The van der Waals surface area contributed by atoms with Gasteiger partial charge in [0.15, 0.2) is 13.1 Å². The van der Waals surface area contributed by atoms with Crippen LogP contribution in [-0.4, -0.2) is 32.9 Å². The van der Waals surface area contributed by atoms with E-state index in [9.17, 15) is 0 Å². The van der Waals surface area contributed by atoms with Crippen molar-refractivity contribution in [2.45, 2.75) is 84.8 Å². The van der Waals surface area contributed by atoms with Crippen LogP contribution in [0.15, 0.2) is 12.3 Å². The highest BCUT2D eigenvalue weighted by Gasteiger charge is 2.06. The Morgan fingerprint density at radius 1 is 0.826 bits per heavy atom. The van der Waals surface area contributed by atoms with Crippen LogP contribution < -0.4 is 0 Å². The molecule has 0 amide bonds. The molecule has 0 aliphatic carbocycles. The summed E-state index contributed by atoms with van der Waals surface area (Å²) in [4.78, 5) is 0. The average Bonchev–Trinajstić information content (AvgIpc) is 2.55. The summed E-state index contributed by atoms with van der Waals surface area (Å²) in [5, 5.41) is 0. The molecule has 0 saturated carbocycles. The van der Waals surface area contributed by atoms with Crippen LogP contribution in [0, 0.1) is 0 Å². The van der Waals surface area contributed by atoms with Gasteiger partial charge in [-0.15, -0.1) is 0 Å². The zero-order valence-electron chi connectivity index (χ0n) is 15.6. The number of hydrogen-bond acceptors (Lipinski definition) is 4. The van der Waals surface area contributed by atoms with Crippen molar-refractivity contribution >= 4 is 0 Å². The fourth-order valence-electron chi connectivity index (χ4n) is 2.25. The summed E-state index contributed by atoms with van der Waals surface area (Å²) in [5.41, 5.74) is 0. The third kappa shape index (κ3) is 17.6. The summed E-state index contributed by atoms with van der Waals surface area (Å²) in [6.45, 7) is 8.80. The monoisotopic (exact) mass is 330 g/mol. The van der Waals surface area contributed by atoms with Gasteiger partial charge < -0.3 is 18.9 Å². The predicted molar refractivity (Wildman–Crippen MR) is 95.3 cm³/mol. The Balaban J connectivity index is 3.27. The molecule has 0 aromatic carbocycles. The van der Waals surface area contributed by atoms with E-state index < -0.39 is 0 Å². The van der Waals surface area contributed by atoms with E-state index in [-0.39, 0.29) is 6.29 Å². The lowest BCUT2D eigenvalue weighted by molar-refractivity contribution is -0.140. The Labute approximate surface area is 143 Å². The number of hydrogen-bond donors (Lipinski definition) is 0. The topological polar surface area (TPSA) is 36.9 Å². The lowest BCUT2D eigenvalue weighted by Gasteiger charge is -2.16. The van der Waals surface area contributed by atoms with Gasteiger partial charge in [-0.2, -0.15) is 0 Å². The molecule has 0 bridgehead atoms. The largest absolute Gasteiger partial charge is 0.475 e. The molecule has 4 nitrogen and oxygen atoms in total. The van der Waals surface area contributed by atoms with E-state index in [2.05, 4.69) is 13.0 Å². The van der Waals surface area contributed by atoms with E-state index in [0.717, 1.165) is 38.7 Å². The van der Waals surface area contributed by atoms with Crippen LogP contribution >= 0.6 is 0 Å². The van der Waals surface area contributed by atoms with E-state index in [4.69, 9.17) is 18.9 Å². The quantitative estimate of drug-likeness (QED) is 0.191. The minimum atomic E-state index is -0.0454. The van der Waals surface area contributed by atoms with E-state index in [1.54, 1.807) is 6.26 Å². The maximum Gasteiger partial charge on any atom is 0.188 e. The number of ether oxygens (including phenoxy) is 4. The minimum absolute atomic E-state index is 0.0454. The predicted octanol–water partition coefficient (Wildman–Crippen LogP) is 5.42. The molecule has 0 N–H and O–H groups in total. The highest BCUT2D eigenvalue weighted by atomic mass is 16.7. The Morgan fingerprint density at radius 2 is 1.57 bits per heavy atom. The molecule has 0 radical (unpaired) electrons. The fourth-order valence-corrected chi connectivity index (χ4v) is 2.25. The van der Waals surface area contributed by atoms with Crippen LogP contribution in [0.5, 0.6) is 0 Å². The standard InChI is InChI=1S/C19H38O4/c1-4-7-8-10-13-16-20-18-21-17-14-11-9-12-15-19(22-5-2)23-6-3/h14,17,19H,4-13,15-16,18H2,1-3H3.